The highest BCUT2D eigenvalue weighted by Crippen LogP contribution is 2.16. The number of esters is 1. The lowest BCUT2D eigenvalue weighted by molar-refractivity contribution is -0.141. The molecule has 1 aliphatic heterocycles. The van der Waals surface area contributed by atoms with Crippen molar-refractivity contribution in [3.05, 3.63) is 0 Å². The van der Waals surface area contributed by atoms with E-state index in [1.165, 1.54) is 7.11 Å². The Hall–Kier alpha value is -0.750. The number of thioether (sulfide) groups is 1. The van der Waals surface area contributed by atoms with E-state index in [2.05, 4.69) is 18.6 Å². The number of ether oxygens (including phenoxy) is 2. The maximum absolute atomic E-state index is 12.2. The number of carbonyl (C=O) groups is 2. The van der Waals surface area contributed by atoms with Gasteiger partial charge in [0.05, 0.1) is 25.4 Å². The second-order valence-electron chi connectivity index (χ2n) is 5.16. The van der Waals surface area contributed by atoms with E-state index in [4.69, 9.17) is 4.74 Å². The Balaban J connectivity index is 2.47. The van der Waals surface area contributed by atoms with Crippen LogP contribution in [0.5, 0.6) is 0 Å². The van der Waals surface area contributed by atoms with Crippen molar-refractivity contribution in [2.75, 3.05) is 32.6 Å². The molecule has 1 unspecified atom stereocenters. The standard InChI is InChI=1S/C14H25NO4S/c1-11(2)20-10-13(16)15(7-6-14(17)18-3)9-12-5-4-8-19-12/h11-12H,4-10H2,1-3H3. The van der Waals surface area contributed by atoms with Crippen molar-refractivity contribution in [3.63, 3.8) is 0 Å². The molecule has 6 heteroatoms. The van der Waals surface area contributed by atoms with Gasteiger partial charge in [-0.2, -0.15) is 0 Å². The zero-order chi connectivity index (χ0) is 15.0. The molecule has 1 aliphatic rings. The number of hydrogen-bond acceptors (Lipinski definition) is 5. The SMILES string of the molecule is COC(=O)CCN(CC1CCCO1)C(=O)CSC(C)C. The predicted molar refractivity (Wildman–Crippen MR) is 79.8 cm³/mol. The van der Waals surface area contributed by atoms with Crippen LogP contribution >= 0.6 is 11.8 Å². The molecule has 20 heavy (non-hydrogen) atoms. The van der Waals surface area contributed by atoms with Gasteiger partial charge in [-0.1, -0.05) is 13.8 Å². The second kappa shape index (κ2) is 9.23. The summed E-state index contributed by atoms with van der Waals surface area (Å²) in [6.45, 7) is 5.89. The van der Waals surface area contributed by atoms with E-state index in [0.29, 0.717) is 24.1 Å². The van der Waals surface area contributed by atoms with Crippen molar-refractivity contribution in [2.24, 2.45) is 0 Å². The minimum atomic E-state index is -0.286. The minimum absolute atomic E-state index is 0.0723. The number of nitrogens with zero attached hydrogens (tertiary/aromatic N) is 1. The Morgan fingerprint density at radius 3 is 2.75 bits per heavy atom. The van der Waals surface area contributed by atoms with Gasteiger partial charge in [0.15, 0.2) is 0 Å². The molecule has 1 amide bonds. The minimum Gasteiger partial charge on any atom is -0.469 e. The van der Waals surface area contributed by atoms with Gasteiger partial charge in [0.25, 0.3) is 0 Å². The molecule has 1 heterocycles. The van der Waals surface area contributed by atoms with Crippen LogP contribution in [-0.4, -0.2) is 60.7 Å². The van der Waals surface area contributed by atoms with Crippen LogP contribution in [0.25, 0.3) is 0 Å². The zero-order valence-electron chi connectivity index (χ0n) is 12.6. The van der Waals surface area contributed by atoms with Crippen molar-refractivity contribution in [2.45, 2.75) is 44.5 Å². The van der Waals surface area contributed by atoms with E-state index in [-0.39, 0.29) is 24.4 Å². The van der Waals surface area contributed by atoms with Crippen molar-refractivity contribution in [1.29, 1.82) is 0 Å². The Morgan fingerprint density at radius 2 is 2.20 bits per heavy atom. The third-order valence-corrected chi connectivity index (χ3v) is 4.23. The predicted octanol–water partition coefficient (Wildman–Crippen LogP) is 1.70. The van der Waals surface area contributed by atoms with E-state index in [9.17, 15) is 9.59 Å². The molecule has 0 spiro atoms. The highest BCUT2D eigenvalue weighted by molar-refractivity contribution is 8.00. The van der Waals surface area contributed by atoms with Gasteiger partial charge in [-0.15, -0.1) is 11.8 Å². The normalized spacial score (nSPS) is 18.3. The largest absolute Gasteiger partial charge is 0.469 e. The van der Waals surface area contributed by atoms with Gasteiger partial charge in [0.2, 0.25) is 5.91 Å². The van der Waals surface area contributed by atoms with Gasteiger partial charge in [0.1, 0.15) is 0 Å². The fourth-order valence-corrected chi connectivity index (χ4v) is 2.67. The summed E-state index contributed by atoms with van der Waals surface area (Å²) in [6, 6.07) is 0. The Kier molecular flexibility index (Phi) is 7.99. The molecule has 1 saturated heterocycles. The molecule has 0 aromatic rings. The Bertz CT molecular complexity index is 316. The fraction of sp³-hybridized carbons (Fsp3) is 0.857. The van der Waals surface area contributed by atoms with Gasteiger partial charge in [-0.25, -0.2) is 0 Å². The summed E-state index contributed by atoms with van der Waals surface area (Å²) in [6.07, 6.45) is 2.38. The Morgan fingerprint density at radius 1 is 1.45 bits per heavy atom. The van der Waals surface area contributed by atoms with E-state index >= 15 is 0 Å². The van der Waals surface area contributed by atoms with Gasteiger partial charge >= 0.3 is 5.97 Å². The van der Waals surface area contributed by atoms with Crippen LogP contribution in [0.4, 0.5) is 0 Å². The van der Waals surface area contributed by atoms with Gasteiger partial charge in [-0.05, 0) is 18.1 Å². The molecule has 0 N–H and O–H groups in total. The number of methoxy groups -OCH3 is 1. The van der Waals surface area contributed by atoms with Crippen LogP contribution in [0.3, 0.4) is 0 Å². The van der Waals surface area contributed by atoms with Crippen molar-refractivity contribution in [3.8, 4) is 0 Å². The van der Waals surface area contributed by atoms with Crippen molar-refractivity contribution >= 4 is 23.6 Å². The highest BCUT2D eigenvalue weighted by Gasteiger charge is 2.23. The van der Waals surface area contributed by atoms with Crippen LogP contribution in [0.15, 0.2) is 0 Å². The molecule has 0 radical (unpaired) electrons. The first-order valence-corrected chi connectivity index (χ1v) is 8.15. The summed E-state index contributed by atoms with van der Waals surface area (Å²) in [7, 11) is 1.36. The molecule has 0 aliphatic carbocycles. The van der Waals surface area contributed by atoms with E-state index in [0.717, 1.165) is 19.4 Å². The molecule has 0 saturated carbocycles. The topological polar surface area (TPSA) is 55.8 Å². The van der Waals surface area contributed by atoms with Crippen LogP contribution in [0.1, 0.15) is 33.1 Å². The lowest BCUT2D eigenvalue weighted by Gasteiger charge is -2.25. The number of hydrogen-bond donors (Lipinski definition) is 0. The van der Waals surface area contributed by atoms with Crippen LogP contribution in [0.2, 0.25) is 0 Å². The average molecular weight is 303 g/mol. The third kappa shape index (κ3) is 6.61. The summed E-state index contributed by atoms with van der Waals surface area (Å²) in [5, 5.41) is 0.420. The monoisotopic (exact) mass is 303 g/mol. The lowest BCUT2D eigenvalue weighted by Crippen LogP contribution is -2.40. The summed E-state index contributed by atoms with van der Waals surface area (Å²) >= 11 is 1.62. The van der Waals surface area contributed by atoms with Gasteiger partial charge in [0, 0.05) is 19.7 Å². The van der Waals surface area contributed by atoms with Crippen molar-refractivity contribution in [1.82, 2.24) is 4.90 Å². The van der Waals surface area contributed by atoms with E-state index < -0.39 is 0 Å². The maximum Gasteiger partial charge on any atom is 0.307 e. The number of amides is 1. The number of rotatable bonds is 8. The zero-order valence-corrected chi connectivity index (χ0v) is 13.4. The van der Waals surface area contributed by atoms with Crippen LogP contribution in [0, 0.1) is 0 Å². The first-order valence-electron chi connectivity index (χ1n) is 7.10. The summed E-state index contributed by atoms with van der Waals surface area (Å²) < 4.78 is 10.2. The quantitative estimate of drug-likeness (QED) is 0.639. The van der Waals surface area contributed by atoms with Crippen LogP contribution < -0.4 is 0 Å². The molecular weight excluding hydrogens is 278 g/mol. The summed E-state index contributed by atoms with van der Waals surface area (Å²) in [5.41, 5.74) is 0. The lowest BCUT2D eigenvalue weighted by atomic mass is 10.2. The third-order valence-electron chi connectivity index (χ3n) is 3.15. The Labute approximate surface area is 125 Å². The molecule has 1 rings (SSSR count). The molecular formula is C14H25NO4S. The summed E-state index contributed by atoms with van der Waals surface area (Å²) in [4.78, 5) is 25.2. The molecule has 5 nitrogen and oxygen atoms in total. The van der Waals surface area contributed by atoms with Gasteiger partial charge < -0.3 is 14.4 Å². The highest BCUT2D eigenvalue weighted by atomic mass is 32.2. The second-order valence-corrected chi connectivity index (χ2v) is 6.73. The molecule has 1 atom stereocenters. The fourth-order valence-electron chi connectivity index (χ4n) is 2.01. The van der Waals surface area contributed by atoms with E-state index in [1.54, 1.807) is 16.7 Å². The van der Waals surface area contributed by atoms with E-state index in [1.807, 2.05) is 0 Å². The average Bonchev–Trinajstić information content (AvgIpc) is 2.93. The van der Waals surface area contributed by atoms with Crippen molar-refractivity contribution < 1.29 is 19.1 Å². The first kappa shape index (κ1) is 17.3. The number of carbonyl (C=O) groups excluding carboxylic acids is 2. The molecule has 0 bridgehead atoms. The van der Waals surface area contributed by atoms with Crippen LogP contribution in [-0.2, 0) is 19.1 Å². The molecule has 116 valence electrons. The molecule has 0 aromatic carbocycles. The van der Waals surface area contributed by atoms with Gasteiger partial charge in [-0.3, -0.25) is 9.59 Å². The summed E-state index contributed by atoms with van der Waals surface area (Å²) in [5.74, 6) is 0.237. The smallest absolute Gasteiger partial charge is 0.307 e. The first-order chi connectivity index (χ1) is 9.52. The molecule has 0 aromatic heterocycles. The molecule has 1 fully saturated rings. The maximum atomic E-state index is 12.2.